The minimum Gasteiger partial charge on any atom is -0.447 e. The molecular formula is C13H20N2O3S. The molecular weight excluding hydrogens is 264 g/mol. The van der Waals surface area contributed by atoms with Gasteiger partial charge in [0, 0.05) is 12.5 Å². The van der Waals surface area contributed by atoms with Gasteiger partial charge in [0.15, 0.2) is 0 Å². The third-order valence-corrected chi connectivity index (χ3v) is 4.02. The van der Waals surface area contributed by atoms with Crippen LogP contribution in [0.3, 0.4) is 0 Å². The van der Waals surface area contributed by atoms with Crippen LogP contribution in [-0.2, 0) is 16.6 Å². The first-order valence-corrected chi connectivity index (χ1v) is 7.77. The Hall–Kier alpha value is -1.29. The van der Waals surface area contributed by atoms with Crippen molar-refractivity contribution in [3.63, 3.8) is 0 Å². The molecule has 6 heteroatoms. The quantitative estimate of drug-likeness (QED) is 0.709. The van der Waals surface area contributed by atoms with Crippen LogP contribution in [0.4, 0.5) is 0 Å². The maximum absolute atomic E-state index is 12.1. The minimum absolute atomic E-state index is 0.0733. The number of hydrogen-bond donors (Lipinski definition) is 2. The van der Waals surface area contributed by atoms with Crippen LogP contribution in [-0.4, -0.2) is 21.0 Å². The standard InChI is InChI=1S/C13H20N2O3S/c1-4-7-11(5-2)15-19(16,17)13-9-8-12(18-13)10-14-6-3/h1,8-9,11,14-15H,5-7,10H2,2-3H3. The highest BCUT2D eigenvalue weighted by Crippen LogP contribution is 2.15. The highest BCUT2D eigenvalue weighted by molar-refractivity contribution is 7.89. The average Bonchev–Trinajstić information content (AvgIpc) is 2.85. The maximum atomic E-state index is 12.1. The molecule has 0 aliphatic heterocycles. The number of hydrogen-bond acceptors (Lipinski definition) is 4. The first kappa shape index (κ1) is 15.8. The van der Waals surface area contributed by atoms with Gasteiger partial charge >= 0.3 is 0 Å². The van der Waals surface area contributed by atoms with E-state index in [2.05, 4.69) is 16.0 Å². The molecule has 1 heterocycles. The lowest BCUT2D eigenvalue weighted by molar-refractivity contribution is 0.398. The van der Waals surface area contributed by atoms with Crippen molar-refractivity contribution in [1.29, 1.82) is 0 Å². The lowest BCUT2D eigenvalue weighted by Gasteiger charge is -2.12. The normalized spacial score (nSPS) is 13.1. The number of furan rings is 1. The number of nitrogens with one attached hydrogen (secondary N) is 2. The molecule has 1 aromatic rings. The average molecular weight is 284 g/mol. The largest absolute Gasteiger partial charge is 0.447 e. The van der Waals surface area contributed by atoms with Crippen LogP contribution in [0, 0.1) is 12.3 Å². The third-order valence-electron chi connectivity index (χ3n) is 2.63. The van der Waals surface area contributed by atoms with Gasteiger partial charge < -0.3 is 9.73 Å². The van der Waals surface area contributed by atoms with Crippen molar-refractivity contribution in [2.75, 3.05) is 6.54 Å². The second kappa shape index (κ2) is 7.34. The third kappa shape index (κ3) is 4.71. The highest BCUT2D eigenvalue weighted by atomic mass is 32.2. The molecule has 1 aromatic heterocycles. The molecule has 106 valence electrons. The lowest BCUT2D eigenvalue weighted by atomic mass is 10.2. The van der Waals surface area contributed by atoms with Gasteiger partial charge in [-0.1, -0.05) is 13.8 Å². The molecule has 5 nitrogen and oxygen atoms in total. The van der Waals surface area contributed by atoms with Gasteiger partial charge in [-0.2, -0.15) is 0 Å². The van der Waals surface area contributed by atoms with E-state index in [1.807, 2.05) is 13.8 Å². The molecule has 0 spiro atoms. The van der Waals surface area contributed by atoms with Crippen LogP contribution in [0.2, 0.25) is 0 Å². The summed E-state index contributed by atoms with van der Waals surface area (Å²) in [6, 6.07) is 2.84. The summed E-state index contributed by atoms with van der Waals surface area (Å²) < 4.78 is 32.0. The minimum atomic E-state index is -3.64. The van der Waals surface area contributed by atoms with Crippen LogP contribution in [0.5, 0.6) is 0 Å². The van der Waals surface area contributed by atoms with Crippen LogP contribution in [0.1, 0.15) is 32.4 Å². The van der Waals surface area contributed by atoms with E-state index in [0.29, 0.717) is 25.1 Å². The van der Waals surface area contributed by atoms with Gasteiger partial charge in [-0.3, -0.25) is 0 Å². The predicted molar refractivity (Wildman–Crippen MR) is 73.9 cm³/mol. The fraction of sp³-hybridized carbons (Fsp3) is 0.538. The van der Waals surface area contributed by atoms with Crippen LogP contribution < -0.4 is 10.0 Å². The second-order valence-corrected chi connectivity index (χ2v) is 5.78. The van der Waals surface area contributed by atoms with Crippen LogP contribution in [0.25, 0.3) is 0 Å². The van der Waals surface area contributed by atoms with Gasteiger partial charge in [-0.25, -0.2) is 13.1 Å². The summed E-state index contributed by atoms with van der Waals surface area (Å²) in [5.41, 5.74) is 0. The van der Waals surface area contributed by atoms with Gasteiger partial charge in [0.1, 0.15) is 5.76 Å². The molecule has 0 aliphatic rings. The summed E-state index contributed by atoms with van der Waals surface area (Å²) >= 11 is 0. The number of terminal acetylenes is 1. The molecule has 0 amide bonds. The topological polar surface area (TPSA) is 71.3 Å². The summed E-state index contributed by atoms with van der Waals surface area (Å²) in [4.78, 5) is 0. The summed E-state index contributed by atoms with van der Waals surface area (Å²) in [6.45, 7) is 5.14. The van der Waals surface area contributed by atoms with Crippen molar-refractivity contribution in [2.24, 2.45) is 0 Å². The van der Waals surface area contributed by atoms with E-state index in [0.717, 1.165) is 6.54 Å². The van der Waals surface area contributed by atoms with E-state index in [-0.39, 0.29) is 11.1 Å². The maximum Gasteiger partial charge on any atom is 0.274 e. The van der Waals surface area contributed by atoms with E-state index < -0.39 is 10.0 Å². The van der Waals surface area contributed by atoms with E-state index in [9.17, 15) is 8.42 Å². The molecule has 2 N–H and O–H groups in total. The van der Waals surface area contributed by atoms with Crippen LogP contribution in [0.15, 0.2) is 21.6 Å². The first-order chi connectivity index (χ1) is 9.03. The molecule has 1 atom stereocenters. The summed E-state index contributed by atoms with van der Waals surface area (Å²) in [5.74, 6) is 3.05. The van der Waals surface area contributed by atoms with Crippen molar-refractivity contribution in [3.8, 4) is 12.3 Å². The molecule has 1 unspecified atom stereocenters. The van der Waals surface area contributed by atoms with Gasteiger partial charge in [0.05, 0.1) is 6.54 Å². The van der Waals surface area contributed by atoms with E-state index in [1.165, 1.54) is 6.07 Å². The fourth-order valence-electron chi connectivity index (χ4n) is 1.53. The summed E-state index contributed by atoms with van der Waals surface area (Å²) in [7, 11) is -3.64. The van der Waals surface area contributed by atoms with Gasteiger partial charge in [-0.05, 0) is 25.1 Å². The monoisotopic (exact) mass is 284 g/mol. The Balaban J connectivity index is 2.77. The fourth-order valence-corrected chi connectivity index (χ4v) is 2.80. The Bertz CT molecular complexity index is 528. The van der Waals surface area contributed by atoms with Crippen LogP contribution >= 0.6 is 0 Å². The van der Waals surface area contributed by atoms with Gasteiger partial charge in [0.2, 0.25) is 5.09 Å². The SMILES string of the molecule is C#CCC(CC)NS(=O)(=O)c1ccc(CNCC)o1. The van der Waals surface area contributed by atoms with E-state index in [4.69, 9.17) is 10.8 Å². The zero-order valence-corrected chi connectivity index (χ0v) is 12.1. The molecule has 0 aliphatic carbocycles. The Labute approximate surface area is 114 Å². The smallest absolute Gasteiger partial charge is 0.274 e. The lowest BCUT2D eigenvalue weighted by Crippen LogP contribution is -2.33. The van der Waals surface area contributed by atoms with Crippen molar-refractivity contribution < 1.29 is 12.8 Å². The van der Waals surface area contributed by atoms with Gasteiger partial charge in [0.25, 0.3) is 10.0 Å². The molecule has 0 radical (unpaired) electrons. The summed E-state index contributed by atoms with van der Waals surface area (Å²) in [6.07, 6.45) is 6.20. The number of sulfonamides is 1. The van der Waals surface area contributed by atoms with E-state index >= 15 is 0 Å². The molecule has 0 saturated heterocycles. The highest BCUT2D eigenvalue weighted by Gasteiger charge is 2.22. The zero-order chi connectivity index (χ0) is 14.3. The van der Waals surface area contributed by atoms with Gasteiger partial charge in [-0.15, -0.1) is 12.3 Å². The molecule has 1 rings (SSSR count). The molecule has 0 bridgehead atoms. The van der Waals surface area contributed by atoms with Crippen molar-refractivity contribution in [1.82, 2.24) is 10.0 Å². The van der Waals surface area contributed by atoms with Crippen molar-refractivity contribution in [2.45, 2.75) is 44.4 Å². The molecule has 0 aromatic carbocycles. The van der Waals surface area contributed by atoms with Crippen molar-refractivity contribution in [3.05, 3.63) is 17.9 Å². The Morgan fingerprint density at radius 2 is 2.16 bits per heavy atom. The summed E-state index contributed by atoms with van der Waals surface area (Å²) in [5, 5.41) is 2.99. The molecule has 19 heavy (non-hydrogen) atoms. The second-order valence-electron chi connectivity index (χ2n) is 4.14. The Morgan fingerprint density at radius 1 is 1.42 bits per heavy atom. The predicted octanol–water partition coefficient (Wildman–Crippen LogP) is 1.47. The molecule has 0 fully saturated rings. The zero-order valence-electron chi connectivity index (χ0n) is 11.3. The van der Waals surface area contributed by atoms with Crippen molar-refractivity contribution >= 4 is 10.0 Å². The molecule has 0 saturated carbocycles. The number of rotatable bonds is 8. The Morgan fingerprint density at radius 3 is 2.74 bits per heavy atom. The van der Waals surface area contributed by atoms with E-state index in [1.54, 1.807) is 6.07 Å². The first-order valence-electron chi connectivity index (χ1n) is 6.28. The Kier molecular flexibility index (Phi) is 6.09.